The quantitative estimate of drug-likeness (QED) is 0.469. The predicted molar refractivity (Wildman–Crippen MR) is 123 cm³/mol. The molecule has 0 amide bonds. The fourth-order valence-corrected chi connectivity index (χ4v) is 4.42. The van der Waals surface area contributed by atoms with Crippen LogP contribution in [0.2, 0.25) is 0 Å². The Kier molecular flexibility index (Phi) is 6.57. The number of aliphatic hydroxyl groups is 1. The summed E-state index contributed by atoms with van der Waals surface area (Å²) >= 11 is 0. The molecule has 2 atom stereocenters. The molecule has 11 heteroatoms. The smallest absolute Gasteiger partial charge is 0.276 e. The minimum Gasteiger partial charge on any atom is -0.495 e. The minimum atomic E-state index is -0.440. The number of rotatable bonds is 8. The van der Waals surface area contributed by atoms with Crippen molar-refractivity contribution < 1.29 is 19.3 Å². The summed E-state index contributed by atoms with van der Waals surface area (Å²) < 4.78 is 17.9. The van der Waals surface area contributed by atoms with Crippen molar-refractivity contribution in [2.75, 3.05) is 46.5 Å². The van der Waals surface area contributed by atoms with Gasteiger partial charge in [-0.25, -0.2) is 0 Å². The first-order valence-electron chi connectivity index (χ1n) is 11.4. The van der Waals surface area contributed by atoms with Crippen molar-refractivity contribution in [3.05, 3.63) is 46.5 Å². The number of hydrogen-bond acceptors (Lipinski definition) is 10. The molecule has 2 aliphatic rings. The van der Waals surface area contributed by atoms with Gasteiger partial charge in [-0.1, -0.05) is 0 Å². The Morgan fingerprint density at radius 2 is 2.06 bits per heavy atom. The zero-order valence-electron chi connectivity index (χ0n) is 19.0. The molecule has 1 fully saturated rings. The van der Waals surface area contributed by atoms with Crippen LogP contribution >= 0.6 is 0 Å². The van der Waals surface area contributed by atoms with E-state index in [4.69, 9.17) is 14.2 Å². The number of aliphatic hydroxyl groups excluding tert-OH is 1. The van der Waals surface area contributed by atoms with E-state index in [0.29, 0.717) is 63.3 Å². The third kappa shape index (κ3) is 4.81. The van der Waals surface area contributed by atoms with Crippen molar-refractivity contribution in [3.63, 3.8) is 0 Å². The molecule has 11 nitrogen and oxygen atoms in total. The Morgan fingerprint density at radius 1 is 1.18 bits per heavy atom. The maximum Gasteiger partial charge on any atom is 0.276 e. The van der Waals surface area contributed by atoms with E-state index in [1.54, 1.807) is 23.9 Å². The standard InChI is InChI=1S/C23H28N6O5/c1-32-17-9-19-18(25-12-17)2-3-22(31)29(19)5-4-28-13-15(20(30)14-28)10-24-11-16-8-21-23(27-26-16)34-7-6-33-21/h2-3,8-9,12,15,20,24,30H,4-7,10-11,13-14H2,1H3/t15-,20+/m0/s1. The van der Waals surface area contributed by atoms with E-state index in [1.165, 1.54) is 6.07 Å². The summed E-state index contributed by atoms with van der Waals surface area (Å²) in [5.74, 6) is 1.73. The fourth-order valence-electron chi connectivity index (χ4n) is 4.42. The highest BCUT2D eigenvalue weighted by atomic mass is 16.6. The lowest BCUT2D eigenvalue weighted by Gasteiger charge is -2.18. The second-order valence-electron chi connectivity index (χ2n) is 8.52. The highest BCUT2D eigenvalue weighted by Gasteiger charge is 2.30. The molecule has 1 saturated heterocycles. The van der Waals surface area contributed by atoms with E-state index < -0.39 is 6.10 Å². The first kappa shape index (κ1) is 22.5. The molecule has 5 rings (SSSR count). The topological polar surface area (TPSA) is 124 Å². The summed E-state index contributed by atoms with van der Waals surface area (Å²) in [6.07, 6.45) is 1.20. The molecule has 0 radical (unpaired) electrons. The van der Waals surface area contributed by atoms with Crippen molar-refractivity contribution >= 4 is 11.0 Å². The van der Waals surface area contributed by atoms with E-state index in [2.05, 4.69) is 25.4 Å². The van der Waals surface area contributed by atoms with Gasteiger partial charge in [0.05, 0.1) is 36.1 Å². The predicted octanol–water partition coefficient (Wildman–Crippen LogP) is 0.0488. The van der Waals surface area contributed by atoms with Gasteiger partial charge in [-0.2, -0.15) is 5.10 Å². The number of methoxy groups -OCH3 is 1. The van der Waals surface area contributed by atoms with Crippen LogP contribution in [0.3, 0.4) is 0 Å². The number of hydrogen-bond donors (Lipinski definition) is 2. The summed E-state index contributed by atoms with van der Waals surface area (Å²) in [6.45, 7) is 4.61. The summed E-state index contributed by atoms with van der Waals surface area (Å²) in [7, 11) is 1.58. The lowest BCUT2D eigenvalue weighted by atomic mass is 10.1. The summed E-state index contributed by atoms with van der Waals surface area (Å²) in [5, 5.41) is 22.1. The number of likely N-dealkylation sites (tertiary alicyclic amines) is 1. The van der Waals surface area contributed by atoms with Crippen LogP contribution in [-0.4, -0.2) is 82.4 Å². The van der Waals surface area contributed by atoms with Gasteiger partial charge in [0.25, 0.3) is 11.4 Å². The molecule has 0 aromatic carbocycles. The Bertz CT molecular complexity index is 1220. The van der Waals surface area contributed by atoms with Crippen LogP contribution in [0, 0.1) is 5.92 Å². The number of nitrogens with one attached hydrogen (secondary N) is 1. The van der Waals surface area contributed by atoms with Gasteiger partial charge < -0.3 is 29.2 Å². The van der Waals surface area contributed by atoms with E-state index in [9.17, 15) is 9.90 Å². The van der Waals surface area contributed by atoms with Crippen molar-refractivity contribution in [1.29, 1.82) is 0 Å². The lowest BCUT2D eigenvalue weighted by Crippen LogP contribution is -2.31. The summed E-state index contributed by atoms with van der Waals surface area (Å²) in [6, 6.07) is 6.92. The fraction of sp³-hybridized carbons (Fsp3) is 0.478. The van der Waals surface area contributed by atoms with E-state index in [-0.39, 0.29) is 11.5 Å². The third-order valence-corrected chi connectivity index (χ3v) is 6.24. The monoisotopic (exact) mass is 468 g/mol. The number of nitrogens with zero attached hydrogens (tertiary/aromatic N) is 5. The van der Waals surface area contributed by atoms with Crippen LogP contribution in [0.5, 0.6) is 17.4 Å². The molecule has 0 aliphatic carbocycles. The number of aromatic nitrogens is 4. The van der Waals surface area contributed by atoms with Crippen LogP contribution in [-0.2, 0) is 13.1 Å². The van der Waals surface area contributed by atoms with Crippen molar-refractivity contribution in [2.45, 2.75) is 19.2 Å². The second kappa shape index (κ2) is 9.92. The zero-order valence-corrected chi connectivity index (χ0v) is 19.0. The Balaban J connectivity index is 1.16. The van der Waals surface area contributed by atoms with Gasteiger partial charge in [0.2, 0.25) is 0 Å². The number of pyridine rings is 2. The molecule has 0 spiro atoms. The molecular formula is C23H28N6O5. The van der Waals surface area contributed by atoms with Gasteiger partial charge in [0.15, 0.2) is 5.75 Å². The molecule has 0 saturated carbocycles. The molecule has 2 aliphatic heterocycles. The van der Waals surface area contributed by atoms with Gasteiger partial charge in [-0.05, 0) is 6.07 Å². The number of ether oxygens (including phenoxy) is 3. The van der Waals surface area contributed by atoms with Crippen LogP contribution < -0.4 is 25.1 Å². The average molecular weight is 469 g/mol. The average Bonchev–Trinajstić information content (AvgIpc) is 3.22. The summed E-state index contributed by atoms with van der Waals surface area (Å²) in [4.78, 5) is 19.1. The first-order chi connectivity index (χ1) is 16.6. The van der Waals surface area contributed by atoms with Crippen molar-refractivity contribution in [2.24, 2.45) is 5.92 Å². The van der Waals surface area contributed by atoms with Crippen LogP contribution in [0.4, 0.5) is 0 Å². The molecule has 180 valence electrons. The van der Waals surface area contributed by atoms with Crippen molar-refractivity contribution in [3.8, 4) is 17.4 Å². The molecule has 34 heavy (non-hydrogen) atoms. The number of fused-ring (bicyclic) bond motifs is 2. The zero-order chi connectivity index (χ0) is 23.5. The Morgan fingerprint density at radius 3 is 2.94 bits per heavy atom. The molecule has 0 bridgehead atoms. The van der Waals surface area contributed by atoms with E-state index >= 15 is 0 Å². The largest absolute Gasteiger partial charge is 0.495 e. The van der Waals surface area contributed by atoms with Crippen LogP contribution in [0.1, 0.15) is 5.69 Å². The minimum absolute atomic E-state index is 0.0798. The van der Waals surface area contributed by atoms with E-state index in [0.717, 1.165) is 23.3 Å². The SMILES string of the molecule is COc1cnc2ccc(=O)n(CCN3C[C@H](CNCc4cc5c(nn4)OCCO5)[C@H](O)C3)c2c1. The molecule has 3 aromatic heterocycles. The van der Waals surface area contributed by atoms with Crippen LogP contribution in [0.15, 0.2) is 35.3 Å². The van der Waals surface area contributed by atoms with Gasteiger partial charge >= 0.3 is 0 Å². The first-order valence-corrected chi connectivity index (χ1v) is 11.4. The Labute approximate surface area is 196 Å². The highest BCUT2D eigenvalue weighted by Crippen LogP contribution is 2.26. The molecule has 0 unspecified atom stereocenters. The Hall–Kier alpha value is -3.28. The van der Waals surface area contributed by atoms with Gasteiger partial charge in [0.1, 0.15) is 19.0 Å². The molecule has 2 N–H and O–H groups in total. The van der Waals surface area contributed by atoms with Crippen LogP contribution in [0.25, 0.3) is 11.0 Å². The highest BCUT2D eigenvalue weighted by molar-refractivity contribution is 5.75. The summed E-state index contributed by atoms with van der Waals surface area (Å²) in [5.41, 5.74) is 2.16. The van der Waals surface area contributed by atoms with Crippen molar-refractivity contribution in [1.82, 2.24) is 30.0 Å². The molecule has 3 aromatic rings. The van der Waals surface area contributed by atoms with E-state index in [1.807, 2.05) is 12.1 Å². The maximum atomic E-state index is 12.5. The van der Waals surface area contributed by atoms with Gasteiger partial charge in [-0.3, -0.25) is 14.7 Å². The maximum absolute atomic E-state index is 12.5. The number of β-amino-alcohol motifs (C(OH)–C–C–N with tert-alkyl or cyclic N) is 1. The second-order valence-corrected chi connectivity index (χ2v) is 8.52. The third-order valence-electron chi connectivity index (χ3n) is 6.24. The normalized spacial score (nSPS) is 20.1. The molecular weight excluding hydrogens is 440 g/mol. The molecule has 5 heterocycles. The van der Waals surface area contributed by atoms with Gasteiger partial charge in [0, 0.05) is 63.4 Å². The van der Waals surface area contributed by atoms with Gasteiger partial charge in [-0.15, -0.1) is 5.10 Å². The lowest BCUT2D eigenvalue weighted by molar-refractivity contribution is 0.140.